The summed E-state index contributed by atoms with van der Waals surface area (Å²) in [5.41, 5.74) is 1.12. The van der Waals surface area contributed by atoms with Crippen LogP contribution in [-0.4, -0.2) is 57.9 Å². The molecule has 1 saturated heterocycles. The molecule has 1 aliphatic rings. The highest BCUT2D eigenvalue weighted by atomic mass is 32.2. The van der Waals surface area contributed by atoms with Gasteiger partial charge in [0.2, 0.25) is 10.0 Å². The standard InChI is InChI=1S/C22H30N4O4S/c1-25(2)31(28,29)20-14-18(9-10-19(20)30-3)22(27)24-16-17-8-11-21(23-15-17)26-12-6-4-5-7-13-26/h8-11,14-15H,4-7,12-13,16H2,1-3H3,(H,24,27). The van der Waals surface area contributed by atoms with Crippen LogP contribution in [0.1, 0.15) is 41.6 Å². The molecule has 8 nitrogen and oxygen atoms in total. The van der Waals surface area contributed by atoms with Gasteiger partial charge in [-0.3, -0.25) is 4.79 Å². The van der Waals surface area contributed by atoms with Gasteiger partial charge in [-0.2, -0.15) is 0 Å². The SMILES string of the molecule is COc1ccc(C(=O)NCc2ccc(N3CCCCCC3)nc2)cc1S(=O)(=O)N(C)C. The minimum atomic E-state index is -3.75. The average molecular weight is 447 g/mol. The molecule has 9 heteroatoms. The van der Waals surface area contributed by atoms with Gasteiger partial charge < -0.3 is 15.0 Å². The third-order valence-electron chi connectivity index (χ3n) is 5.38. The summed E-state index contributed by atoms with van der Waals surface area (Å²) in [4.78, 5) is 19.4. The highest BCUT2D eigenvalue weighted by Gasteiger charge is 2.24. The van der Waals surface area contributed by atoms with E-state index < -0.39 is 10.0 Å². The Morgan fingerprint density at radius 3 is 2.42 bits per heavy atom. The van der Waals surface area contributed by atoms with Gasteiger partial charge in [-0.15, -0.1) is 0 Å². The lowest BCUT2D eigenvalue weighted by molar-refractivity contribution is 0.0950. The van der Waals surface area contributed by atoms with E-state index >= 15 is 0 Å². The zero-order valence-electron chi connectivity index (χ0n) is 18.3. The van der Waals surface area contributed by atoms with Crippen LogP contribution in [0.2, 0.25) is 0 Å². The van der Waals surface area contributed by atoms with E-state index in [1.807, 2.05) is 12.1 Å². The van der Waals surface area contributed by atoms with Gasteiger partial charge in [-0.1, -0.05) is 18.9 Å². The number of carbonyl (C=O) groups excluding carboxylic acids is 1. The topological polar surface area (TPSA) is 91.8 Å². The monoisotopic (exact) mass is 446 g/mol. The van der Waals surface area contributed by atoms with Crippen LogP contribution in [0.5, 0.6) is 5.75 Å². The molecule has 1 amide bonds. The third kappa shape index (κ3) is 5.54. The van der Waals surface area contributed by atoms with Crippen molar-refractivity contribution in [3.63, 3.8) is 0 Å². The van der Waals surface area contributed by atoms with E-state index in [4.69, 9.17) is 4.74 Å². The van der Waals surface area contributed by atoms with E-state index in [2.05, 4.69) is 15.2 Å². The van der Waals surface area contributed by atoms with Gasteiger partial charge in [-0.05, 0) is 42.7 Å². The smallest absolute Gasteiger partial charge is 0.251 e. The van der Waals surface area contributed by atoms with Crippen molar-refractivity contribution in [2.45, 2.75) is 37.1 Å². The van der Waals surface area contributed by atoms with Crippen LogP contribution in [0.3, 0.4) is 0 Å². The minimum Gasteiger partial charge on any atom is -0.495 e. The Morgan fingerprint density at radius 2 is 1.84 bits per heavy atom. The van der Waals surface area contributed by atoms with Gasteiger partial charge in [0.15, 0.2) is 0 Å². The molecule has 0 unspecified atom stereocenters. The molecule has 168 valence electrons. The Balaban J connectivity index is 1.68. The maximum Gasteiger partial charge on any atom is 0.251 e. The van der Waals surface area contributed by atoms with Gasteiger partial charge >= 0.3 is 0 Å². The molecule has 0 bridgehead atoms. The minimum absolute atomic E-state index is 0.0453. The Labute approximate surface area is 184 Å². The average Bonchev–Trinajstić information content (AvgIpc) is 3.07. The first kappa shape index (κ1) is 23.0. The number of ether oxygens (including phenoxy) is 1. The Bertz CT molecular complexity index is 999. The number of nitrogens with one attached hydrogen (secondary N) is 1. The number of benzene rings is 1. The number of sulfonamides is 1. The number of hydrogen-bond donors (Lipinski definition) is 1. The summed E-state index contributed by atoms with van der Waals surface area (Å²) in [5.74, 6) is 0.790. The van der Waals surface area contributed by atoms with E-state index in [1.54, 1.807) is 12.3 Å². The maximum atomic E-state index is 12.6. The van der Waals surface area contributed by atoms with Gasteiger partial charge in [-0.25, -0.2) is 17.7 Å². The third-order valence-corrected chi connectivity index (χ3v) is 7.21. The Hall–Kier alpha value is -2.65. The molecule has 2 heterocycles. The largest absolute Gasteiger partial charge is 0.495 e. The quantitative estimate of drug-likeness (QED) is 0.703. The second-order valence-corrected chi connectivity index (χ2v) is 9.88. The van der Waals surface area contributed by atoms with E-state index in [0.29, 0.717) is 6.54 Å². The van der Waals surface area contributed by atoms with Gasteiger partial charge in [0.25, 0.3) is 5.91 Å². The highest BCUT2D eigenvalue weighted by molar-refractivity contribution is 7.89. The van der Waals surface area contributed by atoms with Crippen molar-refractivity contribution in [2.75, 3.05) is 39.2 Å². The molecule has 3 rings (SSSR count). The van der Waals surface area contributed by atoms with Crippen molar-refractivity contribution in [1.29, 1.82) is 0 Å². The fourth-order valence-corrected chi connectivity index (χ4v) is 4.58. The molecule has 1 fully saturated rings. The van der Waals surface area contributed by atoms with E-state index in [0.717, 1.165) is 28.8 Å². The van der Waals surface area contributed by atoms with Crippen LogP contribution in [0.15, 0.2) is 41.4 Å². The molecular weight excluding hydrogens is 416 g/mol. The van der Waals surface area contributed by atoms with Crippen molar-refractivity contribution in [3.05, 3.63) is 47.7 Å². The molecule has 1 aromatic heterocycles. The second kappa shape index (κ2) is 10.1. The molecule has 2 aromatic rings. The number of carbonyl (C=O) groups is 1. The predicted molar refractivity (Wildman–Crippen MR) is 120 cm³/mol. The van der Waals surface area contributed by atoms with E-state index in [9.17, 15) is 13.2 Å². The van der Waals surface area contributed by atoms with Crippen LogP contribution >= 0.6 is 0 Å². The molecule has 0 spiro atoms. The van der Waals surface area contributed by atoms with Gasteiger partial charge in [0.1, 0.15) is 16.5 Å². The summed E-state index contributed by atoms with van der Waals surface area (Å²) in [5, 5.41) is 2.83. The molecule has 0 atom stereocenters. The fourth-order valence-electron chi connectivity index (χ4n) is 3.51. The summed E-state index contributed by atoms with van der Waals surface area (Å²) in [7, 11) is 0.516. The van der Waals surface area contributed by atoms with Crippen molar-refractivity contribution in [2.24, 2.45) is 0 Å². The van der Waals surface area contributed by atoms with Crippen LogP contribution in [-0.2, 0) is 16.6 Å². The number of pyridine rings is 1. The first-order valence-corrected chi connectivity index (χ1v) is 11.9. The zero-order valence-corrected chi connectivity index (χ0v) is 19.1. The summed E-state index contributed by atoms with van der Waals surface area (Å²) >= 11 is 0. The second-order valence-electron chi connectivity index (χ2n) is 7.76. The summed E-state index contributed by atoms with van der Waals surface area (Å²) in [6, 6.07) is 8.32. The first-order chi connectivity index (χ1) is 14.8. The van der Waals surface area contributed by atoms with Crippen molar-refractivity contribution >= 4 is 21.7 Å². The summed E-state index contributed by atoms with van der Waals surface area (Å²) < 4.78 is 31.4. The van der Waals surface area contributed by atoms with Crippen LogP contribution in [0.25, 0.3) is 0 Å². The lowest BCUT2D eigenvalue weighted by atomic mass is 10.2. The number of rotatable bonds is 7. The van der Waals surface area contributed by atoms with Crippen LogP contribution in [0, 0.1) is 0 Å². The van der Waals surface area contributed by atoms with Gasteiger partial charge in [0.05, 0.1) is 7.11 Å². The number of aromatic nitrogens is 1. The number of amides is 1. The molecule has 1 aromatic carbocycles. The summed E-state index contributed by atoms with van der Waals surface area (Å²) in [6.45, 7) is 2.35. The number of hydrogen-bond acceptors (Lipinski definition) is 6. The zero-order chi connectivity index (χ0) is 22.4. The molecule has 0 radical (unpaired) electrons. The van der Waals surface area contributed by atoms with Crippen molar-refractivity contribution in [1.82, 2.24) is 14.6 Å². The Morgan fingerprint density at radius 1 is 1.13 bits per heavy atom. The van der Waals surface area contributed by atoms with E-state index in [1.165, 1.54) is 59.0 Å². The van der Waals surface area contributed by atoms with Crippen molar-refractivity contribution < 1.29 is 17.9 Å². The van der Waals surface area contributed by atoms with Crippen LogP contribution < -0.4 is 15.0 Å². The van der Waals surface area contributed by atoms with E-state index in [-0.39, 0.29) is 22.1 Å². The normalized spacial score (nSPS) is 14.9. The molecule has 1 N–H and O–H groups in total. The summed E-state index contributed by atoms with van der Waals surface area (Å²) in [6.07, 6.45) is 6.68. The number of anilines is 1. The molecule has 0 aliphatic carbocycles. The molecule has 0 saturated carbocycles. The lowest BCUT2D eigenvalue weighted by Crippen LogP contribution is -2.26. The predicted octanol–water partition coefficient (Wildman–Crippen LogP) is 2.65. The number of methoxy groups -OCH3 is 1. The molecular formula is C22H30N4O4S. The van der Waals surface area contributed by atoms with Crippen LogP contribution in [0.4, 0.5) is 5.82 Å². The number of nitrogens with zero attached hydrogens (tertiary/aromatic N) is 3. The molecule has 1 aliphatic heterocycles. The highest BCUT2D eigenvalue weighted by Crippen LogP contribution is 2.27. The van der Waals surface area contributed by atoms with Gasteiger partial charge in [0, 0.05) is 45.5 Å². The lowest BCUT2D eigenvalue weighted by Gasteiger charge is -2.21. The first-order valence-electron chi connectivity index (χ1n) is 10.4. The maximum absolute atomic E-state index is 12.6. The molecule has 31 heavy (non-hydrogen) atoms. The fraction of sp³-hybridized carbons (Fsp3) is 0.455. The Kier molecular flexibility index (Phi) is 7.50. The van der Waals surface area contributed by atoms with Crippen molar-refractivity contribution in [3.8, 4) is 5.75 Å².